The minimum Gasteiger partial charge on any atom is -0.497 e. The summed E-state index contributed by atoms with van der Waals surface area (Å²) in [6.45, 7) is 3.71. The molecule has 0 radical (unpaired) electrons. The Hall–Kier alpha value is -3.55. The van der Waals surface area contributed by atoms with Crippen molar-refractivity contribution in [3.8, 4) is 5.75 Å². The van der Waals surface area contributed by atoms with Gasteiger partial charge in [0.25, 0.3) is 11.8 Å². The number of carboxylic acids is 1. The SMILES string of the molecule is COc1ccc(/C=C(/NC(=O)c2ccco2)C(=O)N[C@H](CC(C)C)C(=O)O)cc1. The maximum absolute atomic E-state index is 12.8. The zero-order valence-electron chi connectivity index (χ0n) is 16.5. The Labute approximate surface area is 168 Å². The Morgan fingerprint density at radius 2 is 1.86 bits per heavy atom. The van der Waals surface area contributed by atoms with Crippen LogP contribution in [0.25, 0.3) is 6.08 Å². The molecule has 1 atom stereocenters. The summed E-state index contributed by atoms with van der Waals surface area (Å²) in [6.07, 6.45) is 3.04. The largest absolute Gasteiger partial charge is 0.497 e. The monoisotopic (exact) mass is 400 g/mol. The van der Waals surface area contributed by atoms with Crippen molar-refractivity contribution < 1.29 is 28.6 Å². The number of methoxy groups -OCH3 is 1. The zero-order valence-corrected chi connectivity index (χ0v) is 16.5. The summed E-state index contributed by atoms with van der Waals surface area (Å²) in [4.78, 5) is 36.6. The Bertz CT molecular complexity index is 869. The number of ether oxygens (including phenoxy) is 1. The first-order chi connectivity index (χ1) is 13.8. The minimum absolute atomic E-state index is 0.0235. The molecular weight excluding hydrogens is 376 g/mol. The third-order valence-corrected chi connectivity index (χ3v) is 3.98. The molecule has 29 heavy (non-hydrogen) atoms. The third kappa shape index (κ3) is 6.53. The number of carbonyl (C=O) groups is 3. The molecule has 0 saturated heterocycles. The van der Waals surface area contributed by atoms with Crippen LogP contribution in [-0.2, 0) is 9.59 Å². The van der Waals surface area contributed by atoms with E-state index in [9.17, 15) is 19.5 Å². The molecular formula is C21H24N2O6. The van der Waals surface area contributed by atoms with Crippen LogP contribution in [0.4, 0.5) is 0 Å². The lowest BCUT2D eigenvalue weighted by molar-refractivity contribution is -0.141. The molecule has 0 bridgehead atoms. The topological polar surface area (TPSA) is 118 Å². The van der Waals surface area contributed by atoms with E-state index in [4.69, 9.17) is 9.15 Å². The number of aliphatic carboxylic acids is 1. The summed E-state index contributed by atoms with van der Waals surface area (Å²) in [5.74, 6) is -1.77. The van der Waals surface area contributed by atoms with E-state index in [0.29, 0.717) is 11.3 Å². The van der Waals surface area contributed by atoms with Crippen molar-refractivity contribution in [1.82, 2.24) is 10.6 Å². The van der Waals surface area contributed by atoms with Crippen molar-refractivity contribution in [3.63, 3.8) is 0 Å². The summed E-state index contributed by atoms with van der Waals surface area (Å²) in [7, 11) is 1.54. The van der Waals surface area contributed by atoms with Gasteiger partial charge in [0.05, 0.1) is 13.4 Å². The van der Waals surface area contributed by atoms with Crippen LogP contribution in [0.5, 0.6) is 5.75 Å². The Kier molecular flexibility index (Phi) is 7.59. The number of hydrogen-bond acceptors (Lipinski definition) is 5. The lowest BCUT2D eigenvalue weighted by Gasteiger charge is -2.18. The van der Waals surface area contributed by atoms with Crippen molar-refractivity contribution in [1.29, 1.82) is 0 Å². The number of nitrogens with one attached hydrogen (secondary N) is 2. The van der Waals surface area contributed by atoms with Crippen molar-refractivity contribution in [3.05, 3.63) is 59.7 Å². The van der Waals surface area contributed by atoms with Gasteiger partial charge < -0.3 is 24.9 Å². The highest BCUT2D eigenvalue weighted by Gasteiger charge is 2.24. The number of carboxylic acid groups (broad SMARTS) is 1. The molecule has 154 valence electrons. The molecule has 0 aliphatic carbocycles. The Morgan fingerprint density at radius 1 is 1.17 bits per heavy atom. The number of benzene rings is 1. The van der Waals surface area contributed by atoms with E-state index < -0.39 is 23.8 Å². The lowest BCUT2D eigenvalue weighted by Crippen LogP contribution is -2.44. The fourth-order valence-corrected chi connectivity index (χ4v) is 2.55. The van der Waals surface area contributed by atoms with Crippen LogP contribution in [0.2, 0.25) is 0 Å². The van der Waals surface area contributed by atoms with Crippen molar-refractivity contribution in [2.75, 3.05) is 7.11 Å². The third-order valence-electron chi connectivity index (χ3n) is 3.98. The molecule has 0 aliphatic heterocycles. The van der Waals surface area contributed by atoms with Gasteiger partial charge in [-0.15, -0.1) is 0 Å². The highest BCUT2D eigenvalue weighted by atomic mass is 16.5. The van der Waals surface area contributed by atoms with E-state index >= 15 is 0 Å². The fraction of sp³-hybridized carbons (Fsp3) is 0.286. The molecule has 1 aromatic heterocycles. The molecule has 2 aromatic rings. The van der Waals surface area contributed by atoms with Crippen LogP contribution < -0.4 is 15.4 Å². The first kappa shape index (κ1) is 21.7. The minimum atomic E-state index is -1.15. The van der Waals surface area contributed by atoms with Crippen LogP contribution in [0.15, 0.2) is 52.8 Å². The first-order valence-corrected chi connectivity index (χ1v) is 9.04. The molecule has 0 spiro atoms. The number of hydrogen-bond donors (Lipinski definition) is 3. The molecule has 8 heteroatoms. The summed E-state index contributed by atoms with van der Waals surface area (Å²) < 4.78 is 10.2. The summed E-state index contributed by atoms with van der Waals surface area (Å²) in [5, 5.41) is 14.3. The van der Waals surface area contributed by atoms with E-state index in [1.807, 2.05) is 13.8 Å². The molecule has 0 saturated carbocycles. The molecule has 2 amide bonds. The van der Waals surface area contributed by atoms with E-state index in [0.717, 1.165) is 0 Å². The number of furan rings is 1. The summed E-state index contributed by atoms with van der Waals surface area (Å²) >= 11 is 0. The molecule has 3 N–H and O–H groups in total. The van der Waals surface area contributed by atoms with E-state index in [1.54, 1.807) is 30.3 Å². The Morgan fingerprint density at radius 3 is 2.38 bits per heavy atom. The maximum Gasteiger partial charge on any atom is 0.326 e. The van der Waals surface area contributed by atoms with Gasteiger partial charge in [0.2, 0.25) is 0 Å². The second kappa shape index (κ2) is 10.1. The zero-order chi connectivity index (χ0) is 21.4. The van der Waals surface area contributed by atoms with Gasteiger partial charge in [-0.3, -0.25) is 9.59 Å². The lowest BCUT2D eigenvalue weighted by atomic mass is 10.0. The molecule has 2 rings (SSSR count). The molecule has 0 unspecified atom stereocenters. The normalized spacial score (nSPS) is 12.3. The average molecular weight is 400 g/mol. The van der Waals surface area contributed by atoms with E-state index in [1.165, 1.54) is 25.5 Å². The van der Waals surface area contributed by atoms with Gasteiger partial charge in [0, 0.05) is 0 Å². The maximum atomic E-state index is 12.8. The van der Waals surface area contributed by atoms with E-state index in [-0.39, 0.29) is 23.8 Å². The van der Waals surface area contributed by atoms with Crippen LogP contribution in [0.3, 0.4) is 0 Å². The molecule has 1 heterocycles. The van der Waals surface area contributed by atoms with Gasteiger partial charge in [-0.05, 0) is 48.2 Å². The summed E-state index contributed by atoms with van der Waals surface area (Å²) in [5.41, 5.74) is 0.512. The van der Waals surface area contributed by atoms with Gasteiger partial charge in [0.15, 0.2) is 5.76 Å². The highest BCUT2D eigenvalue weighted by molar-refractivity contribution is 6.05. The fourth-order valence-electron chi connectivity index (χ4n) is 2.55. The number of amides is 2. The van der Waals surface area contributed by atoms with Gasteiger partial charge in [-0.25, -0.2) is 4.79 Å². The molecule has 8 nitrogen and oxygen atoms in total. The van der Waals surface area contributed by atoms with Crippen molar-refractivity contribution in [2.45, 2.75) is 26.3 Å². The van der Waals surface area contributed by atoms with Gasteiger partial charge >= 0.3 is 5.97 Å². The van der Waals surface area contributed by atoms with Gasteiger partial charge in [0.1, 0.15) is 17.5 Å². The predicted molar refractivity (Wildman–Crippen MR) is 106 cm³/mol. The first-order valence-electron chi connectivity index (χ1n) is 9.04. The van der Waals surface area contributed by atoms with Crippen LogP contribution in [0.1, 0.15) is 36.4 Å². The number of carbonyl (C=O) groups excluding carboxylic acids is 2. The standard InChI is InChI=1S/C21H24N2O6/c1-13(2)11-17(21(26)27)23-19(24)16(22-20(25)18-5-4-10-29-18)12-14-6-8-15(28-3)9-7-14/h4-10,12-13,17H,11H2,1-3H3,(H,22,25)(H,23,24)(H,26,27)/b16-12+/t17-/m1/s1. The highest BCUT2D eigenvalue weighted by Crippen LogP contribution is 2.14. The van der Waals surface area contributed by atoms with Crippen LogP contribution >= 0.6 is 0 Å². The van der Waals surface area contributed by atoms with Gasteiger partial charge in [-0.1, -0.05) is 26.0 Å². The second-order valence-corrected chi connectivity index (χ2v) is 6.76. The number of rotatable bonds is 9. The predicted octanol–water partition coefficient (Wildman–Crippen LogP) is 2.67. The van der Waals surface area contributed by atoms with Crippen LogP contribution in [0, 0.1) is 5.92 Å². The Balaban J connectivity index is 2.28. The smallest absolute Gasteiger partial charge is 0.326 e. The van der Waals surface area contributed by atoms with Crippen molar-refractivity contribution >= 4 is 23.9 Å². The van der Waals surface area contributed by atoms with E-state index in [2.05, 4.69) is 10.6 Å². The molecule has 0 fully saturated rings. The molecule has 1 aromatic carbocycles. The van der Waals surface area contributed by atoms with Crippen molar-refractivity contribution in [2.24, 2.45) is 5.92 Å². The van der Waals surface area contributed by atoms with Gasteiger partial charge in [-0.2, -0.15) is 0 Å². The summed E-state index contributed by atoms with van der Waals surface area (Å²) in [6, 6.07) is 8.73. The van der Waals surface area contributed by atoms with Crippen LogP contribution in [-0.4, -0.2) is 36.0 Å². The quantitative estimate of drug-likeness (QED) is 0.557. The molecule has 0 aliphatic rings. The average Bonchev–Trinajstić information content (AvgIpc) is 3.22. The second-order valence-electron chi connectivity index (χ2n) is 6.76.